The lowest BCUT2D eigenvalue weighted by atomic mass is 10.0. The van der Waals surface area contributed by atoms with Crippen molar-refractivity contribution >= 4 is 17.9 Å². The highest BCUT2D eigenvalue weighted by Crippen LogP contribution is 2.18. The van der Waals surface area contributed by atoms with Gasteiger partial charge in [0.15, 0.2) is 6.10 Å². The molecular formula is C74H134O6. The highest BCUT2D eigenvalue weighted by molar-refractivity contribution is 5.71. The Morgan fingerprint density at radius 3 is 0.762 bits per heavy atom. The Labute approximate surface area is 498 Å². The van der Waals surface area contributed by atoms with Crippen LogP contribution in [-0.2, 0) is 28.6 Å². The highest BCUT2D eigenvalue weighted by atomic mass is 16.6. The third-order valence-corrected chi connectivity index (χ3v) is 15.7. The zero-order valence-electron chi connectivity index (χ0n) is 53.6. The summed E-state index contributed by atoms with van der Waals surface area (Å²) in [6.07, 6.45) is 88.4. The van der Waals surface area contributed by atoms with Gasteiger partial charge < -0.3 is 14.2 Å². The van der Waals surface area contributed by atoms with E-state index < -0.39 is 6.10 Å². The summed E-state index contributed by atoms with van der Waals surface area (Å²) < 4.78 is 16.9. The average molecular weight is 1120 g/mol. The molecule has 0 aliphatic heterocycles. The average Bonchev–Trinajstić information content (AvgIpc) is 3.46. The second-order valence-electron chi connectivity index (χ2n) is 23.8. The molecule has 0 aromatic heterocycles. The Morgan fingerprint density at radius 1 is 0.250 bits per heavy atom. The van der Waals surface area contributed by atoms with Crippen LogP contribution in [0.4, 0.5) is 0 Å². The molecule has 0 bridgehead atoms. The molecule has 0 saturated carbocycles. The second-order valence-corrected chi connectivity index (χ2v) is 23.8. The molecule has 0 heterocycles. The van der Waals surface area contributed by atoms with E-state index in [1.165, 1.54) is 231 Å². The largest absolute Gasteiger partial charge is 0.462 e. The van der Waals surface area contributed by atoms with E-state index in [9.17, 15) is 14.4 Å². The first-order chi connectivity index (χ1) is 39.5. The molecule has 0 radical (unpaired) electrons. The predicted molar refractivity (Wildman–Crippen MR) is 348 cm³/mol. The quantitative estimate of drug-likeness (QED) is 0.0261. The number of ether oxygens (including phenoxy) is 3. The third kappa shape index (κ3) is 65.9. The zero-order valence-corrected chi connectivity index (χ0v) is 53.6. The molecule has 0 aromatic rings. The molecule has 1 atom stereocenters. The fraction of sp³-hybridized carbons (Fsp3) is 0.824. The number of carbonyl (C=O) groups is 3. The summed E-state index contributed by atoms with van der Waals surface area (Å²) in [5.74, 6) is -0.891. The molecule has 0 rings (SSSR count). The number of hydrogen-bond acceptors (Lipinski definition) is 6. The van der Waals surface area contributed by atoms with Crippen LogP contribution in [0.1, 0.15) is 374 Å². The molecule has 80 heavy (non-hydrogen) atoms. The summed E-state index contributed by atoms with van der Waals surface area (Å²) in [5, 5.41) is 0. The van der Waals surface area contributed by atoms with Gasteiger partial charge >= 0.3 is 17.9 Å². The van der Waals surface area contributed by atoms with Crippen molar-refractivity contribution in [3.63, 3.8) is 0 Å². The number of carbonyl (C=O) groups excluding carboxylic acids is 3. The van der Waals surface area contributed by atoms with Crippen molar-refractivity contribution in [1.82, 2.24) is 0 Å². The number of hydrogen-bond donors (Lipinski definition) is 0. The zero-order chi connectivity index (χ0) is 57.8. The van der Waals surface area contributed by atoms with Crippen LogP contribution in [0.3, 0.4) is 0 Å². The summed E-state index contributed by atoms with van der Waals surface area (Å²) in [5.41, 5.74) is 0. The Hall–Kier alpha value is -2.89. The summed E-state index contributed by atoms with van der Waals surface area (Å²) in [6.45, 7) is 6.60. The highest BCUT2D eigenvalue weighted by Gasteiger charge is 2.19. The lowest BCUT2D eigenvalue weighted by molar-refractivity contribution is -0.167. The van der Waals surface area contributed by atoms with E-state index in [0.29, 0.717) is 19.3 Å². The van der Waals surface area contributed by atoms with E-state index in [1.807, 2.05) is 0 Å². The third-order valence-electron chi connectivity index (χ3n) is 15.7. The maximum atomic E-state index is 12.9. The molecule has 0 fully saturated rings. The van der Waals surface area contributed by atoms with Crippen LogP contribution in [0.15, 0.2) is 60.8 Å². The number of rotatable bonds is 65. The number of unbranched alkanes of at least 4 members (excludes halogenated alkanes) is 44. The summed E-state index contributed by atoms with van der Waals surface area (Å²) >= 11 is 0. The first-order valence-electron chi connectivity index (χ1n) is 35.3. The van der Waals surface area contributed by atoms with Crippen LogP contribution in [0, 0.1) is 0 Å². The Morgan fingerprint density at radius 2 is 0.463 bits per heavy atom. The molecule has 466 valence electrons. The van der Waals surface area contributed by atoms with E-state index >= 15 is 0 Å². The van der Waals surface area contributed by atoms with Gasteiger partial charge in [-0.05, 0) is 103 Å². The van der Waals surface area contributed by atoms with Gasteiger partial charge in [-0.3, -0.25) is 14.4 Å². The van der Waals surface area contributed by atoms with Crippen LogP contribution in [-0.4, -0.2) is 37.2 Å². The number of esters is 3. The molecule has 0 saturated heterocycles. The van der Waals surface area contributed by atoms with E-state index in [1.54, 1.807) is 0 Å². The fourth-order valence-corrected chi connectivity index (χ4v) is 10.4. The summed E-state index contributed by atoms with van der Waals surface area (Å²) in [4.78, 5) is 38.3. The molecule has 0 N–H and O–H groups in total. The van der Waals surface area contributed by atoms with Crippen molar-refractivity contribution in [3.05, 3.63) is 60.8 Å². The summed E-state index contributed by atoms with van der Waals surface area (Å²) in [6, 6.07) is 0. The van der Waals surface area contributed by atoms with Gasteiger partial charge in [0.1, 0.15) is 13.2 Å². The molecule has 0 aliphatic rings. The van der Waals surface area contributed by atoms with Crippen molar-refractivity contribution < 1.29 is 28.6 Å². The molecule has 6 nitrogen and oxygen atoms in total. The minimum Gasteiger partial charge on any atom is -0.462 e. The van der Waals surface area contributed by atoms with E-state index in [2.05, 4.69) is 81.5 Å². The van der Waals surface area contributed by atoms with Crippen LogP contribution in [0.2, 0.25) is 0 Å². The molecule has 0 amide bonds. The van der Waals surface area contributed by atoms with Gasteiger partial charge in [-0.1, -0.05) is 313 Å². The lowest BCUT2D eigenvalue weighted by Crippen LogP contribution is -2.30. The van der Waals surface area contributed by atoms with Crippen molar-refractivity contribution in [2.75, 3.05) is 13.2 Å². The van der Waals surface area contributed by atoms with Gasteiger partial charge in [-0.25, -0.2) is 0 Å². The standard InChI is InChI=1S/C74H134O6/c1-4-7-10-13-16-19-22-25-28-29-30-31-32-33-34-35-36-37-38-39-40-41-42-43-44-45-47-49-52-55-58-61-64-67-73(76)79-70-71(69-78-72(75)66-63-60-57-54-51-48-27-24-21-18-15-12-9-6-3)80-74(77)68-65-62-59-56-53-50-46-26-23-20-17-14-11-8-5-2/h15,17-18,20,24,26-27,29-30,46,71H,4-14,16,19,21-23,25,28,31-45,47-70H2,1-3H3/b18-15-,20-17-,27-24-,30-29-,46-26-. The molecule has 0 aliphatic carbocycles. The first-order valence-corrected chi connectivity index (χ1v) is 35.3. The Bertz CT molecular complexity index is 1430. The van der Waals surface area contributed by atoms with Gasteiger partial charge in [0, 0.05) is 19.3 Å². The fourth-order valence-electron chi connectivity index (χ4n) is 10.4. The topological polar surface area (TPSA) is 78.9 Å². The maximum absolute atomic E-state index is 12.9. The smallest absolute Gasteiger partial charge is 0.306 e. The minimum absolute atomic E-state index is 0.0814. The first kappa shape index (κ1) is 77.1. The molecule has 0 spiro atoms. The van der Waals surface area contributed by atoms with Crippen LogP contribution >= 0.6 is 0 Å². The lowest BCUT2D eigenvalue weighted by Gasteiger charge is -2.18. The Kier molecular flexibility index (Phi) is 66.1. The van der Waals surface area contributed by atoms with E-state index in [4.69, 9.17) is 14.2 Å². The van der Waals surface area contributed by atoms with Crippen LogP contribution in [0.25, 0.3) is 0 Å². The molecule has 1 unspecified atom stereocenters. The van der Waals surface area contributed by atoms with Crippen molar-refractivity contribution in [3.8, 4) is 0 Å². The minimum atomic E-state index is -0.787. The SMILES string of the molecule is CCCC/C=C\C/C=C\CCCCCCCC(=O)OCC(COC(=O)CCCCCCCCCCCCCCCCCCCCCCC/C=C\CCCCCCCCCC)OC(=O)CCCCCCC/C=C\C/C=C\CCCCC. The van der Waals surface area contributed by atoms with Crippen LogP contribution < -0.4 is 0 Å². The van der Waals surface area contributed by atoms with Gasteiger partial charge in [0.25, 0.3) is 0 Å². The Balaban J connectivity index is 4.12. The summed E-state index contributed by atoms with van der Waals surface area (Å²) in [7, 11) is 0. The van der Waals surface area contributed by atoms with E-state index in [-0.39, 0.29) is 31.1 Å². The second kappa shape index (κ2) is 68.6. The number of allylic oxidation sites excluding steroid dienone is 10. The molecule has 0 aromatic carbocycles. The maximum Gasteiger partial charge on any atom is 0.306 e. The van der Waals surface area contributed by atoms with Gasteiger partial charge in [0.05, 0.1) is 0 Å². The van der Waals surface area contributed by atoms with Gasteiger partial charge in [0.2, 0.25) is 0 Å². The predicted octanol–water partition coefficient (Wildman–Crippen LogP) is 24.3. The normalized spacial score (nSPS) is 12.4. The van der Waals surface area contributed by atoms with Crippen molar-refractivity contribution in [2.45, 2.75) is 380 Å². The van der Waals surface area contributed by atoms with Crippen LogP contribution in [0.5, 0.6) is 0 Å². The monoisotopic (exact) mass is 1120 g/mol. The molecular weight excluding hydrogens is 985 g/mol. The van der Waals surface area contributed by atoms with Gasteiger partial charge in [-0.2, -0.15) is 0 Å². The molecule has 6 heteroatoms. The van der Waals surface area contributed by atoms with Gasteiger partial charge in [-0.15, -0.1) is 0 Å². The van der Waals surface area contributed by atoms with Crippen molar-refractivity contribution in [1.29, 1.82) is 0 Å². The van der Waals surface area contributed by atoms with Crippen molar-refractivity contribution in [2.24, 2.45) is 0 Å². The van der Waals surface area contributed by atoms with E-state index in [0.717, 1.165) is 103 Å².